The maximum atomic E-state index is 14.2. The predicted octanol–water partition coefficient (Wildman–Crippen LogP) is 4.60. The van der Waals surface area contributed by atoms with Gasteiger partial charge in [-0.3, -0.25) is 14.1 Å². The molecule has 4 fully saturated rings. The van der Waals surface area contributed by atoms with Gasteiger partial charge in [-0.1, -0.05) is 51.0 Å². The van der Waals surface area contributed by atoms with E-state index >= 15 is 0 Å². The highest BCUT2D eigenvalue weighted by molar-refractivity contribution is 7.51. The molecule has 0 aromatic carbocycles. The molecule has 1 aromatic heterocycles. The van der Waals surface area contributed by atoms with E-state index in [2.05, 4.69) is 24.1 Å². The average molecular weight is 619 g/mol. The average Bonchev–Trinajstić information content (AvgIpc) is 3.65. The fourth-order valence-electron chi connectivity index (χ4n) is 9.18. The number of esters is 1. The zero-order valence-corrected chi connectivity index (χ0v) is 26.2. The van der Waals surface area contributed by atoms with Gasteiger partial charge in [-0.15, -0.1) is 0 Å². The topological polar surface area (TPSA) is 135 Å². The van der Waals surface area contributed by atoms with Crippen molar-refractivity contribution in [3.8, 4) is 0 Å². The van der Waals surface area contributed by atoms with Crippen molar-refractivity contribution in [2.45, 2.75) is 90.3 Å². The molecule has 0 radical (unpaired) electrons. The molecule has 2 aliphatic heterocycles. The predicted molar refractivity (Wildman–Crippen MR) is 155 cm³/mol. The molecule has 0 spiro atoms. The standard InChI is InChI=1S/C31H43N2O9P/c1-5-7-27-40-26-16-23-22-9-8-21-10-15-38-14-6-11-29(21,3)28(22)24(42-43(36,37)33-13-12-32-19-33)17-30(23,4)31(26,41-27)25(35)18-39-20(2)34/h6,10-13,19,22-24,26-28H,5,7-9,14-18H2,1-4H3,(H,36,37)/b11-6-,21-10-/t22-,23-,24-,26+,27?,28+,29-,30-,31+/m0/s1. The number of hydrogen-bond acceptors (Lipinski definition) is 9. The summed E-state index contributed by atoms with van der Waals surface area (Å²) in [6, 6.07) is 0. The Kier molecular flexibility index (Phi) is 8.14. The zero-order chi connectivity index (χ0) is 30.6. The lowest BCUT2D eigenvalue weighted by atomic mass is 9.46. The molecule has 10 atom stereocenters. The van der Waals surface area contributed by atoms with E-state index in [-0.39, 0.29) is 30.0 Å². The molecule has 2 unspecified atom stereocenters. The summed E-state index contributed by atoms with van der Waals surface area (Å²) in [5.74, 6) is -0.989. The van der Waals surface area contributed by atoms with Gasteiger partial charge in [0, 0.05) is 36.1 Å². The quantitative estimate of drug-likeness (QED) is 0.250. The Morgan fingerprint density at radius 1 is 1.28 bits per heavy atom. The lowest BCUT2D eigenvalue weighted by Gasteiger charge is -2.60. The number of imidazole rings is 1. The maximum absolute atomic E-state index is 14.2. The lowest BCUT2D eigenvalue weighted by molar-refractivity contribution is -0.199. The monoisotopic (exact) mass is 618 g/mol. The molecule has 0 bridgehead atoms. The molecule has 11 nitrogen and oxygen atoms in total. The Bertz CT molecular complexity index is 1350. The normalized spacial score (nSPS) is 43.4. The highest BCUT2D eigenvalue weighted by Crippen LogP contribution is 2.71. The Balaban J connectivity index is 1.46. The number of ketones is 1. The highest BCUT2D eigenvalue weighted by Gasteiger charge is 2.76. The number of allylic oxidation sites excluding steroid dienone is 2. The summed E-state index contributed by atoms with van der Waals surface area (Å²) in [7, 11) is -4.35. The summed E-state index contributed by atoms with van der Waals surface area (Å²) in [5, 5.41) is 0. The van der Waals surface area contributed by atoms with Crippen LogP contribution in [0.3, 0.4) is 0 Å². The van der Waals surface area contributed by atoms with Crippen LogP contribution in [0.1, 0.15) is 66.2 Å². The van der Waals surface area contributed by atoms with Crippen LogP contribution >= 0.6 is 7.75 Å². The molecular formula is C31H43N2O9P. The number of carbonyl (C=O) groups is 2. The van der Waals surface area contributed by atoms with Crippen LogP contribution in [0.25, 0.3) is 0 Å². The van der Waals surface area contributed by atoms with Gasteiger partial charge in [0.05, 0.1) is 25.4 Å². The summed E-state index contributed by atoms with van der Waals surface area (Å²) in [4.78, 5) is 41.2. The van der Waals surface area contributed by atoms with Crippen LogP contribution in [0.5, 0.6) is 0 Å². The van der Waals surface area contributed by atoms with Gasteiger partial charge < -0.3 is 23.8 Å². The van der Waals surface area contributed by atoms with Crippen molar-refractivity contribution in [3.05, 3.63) is 42.5 Å². The van der Waals surface area contributed by atoms with E-state index in [4.69, 9.17) is 23.5 Å². The van der Waals surface area contributed by atoms with Crippen molar-refractivity contribution >= 4 is 19.5 Å². The van der Waals surface area contributed by atoms with Crippen LogP contribution in [-0.2, 0) is 37.6 Å². The third-order valence-electron chi connectivity index (χ3n) is 10.9. The second-order valence-electron chi connectivity index (χ2n) is 13.1. The van der Waals surface area contributed by atoms with Crippen LogP contribution in [0.15, 0.2) is 42.5 Å². The van der Waals surface area contributed by atoms with Crippen molar-refractivity contribution in [2.24, 2.45) is 28.6 Å². The largest absolute Gasteiger partial charge is 0.458 e. The van der Waals surface area contributed by atoms with E-state index in [0.29, 0.717) is 26.1 Å². The Morgan fingerprint density at radius 2 is 2.09 bits per heavy atom. The molecule has 3 heterocycles. The Labute approximate surface area is 252 Å². The molecule has 12 heteroatoms. The summed E-state index contributed by atoms with van der Waals surface area (Å²) < 4.78 is 45.3. The number of aromatic nitrogens is 2. The van der Waals surface area contributed by atoms with Gasteiger partial charge in [0.15, 0.2) is 18.5 Å². The molecule has 236 valence electrons. The highest BCUT2D eigenvalue weighted by atomic mass is 31.2. The number of nitrogens with zero attached hydrogens (tertiary/aromatic N) is 2. The van der Waals surface area contributed by atoms with Crippen molar-refractivity contribution in [3.63, 3.8) is 0 Å². The minimum atomic E-state index is -4.35. The summed E-state index contributed by atoms with van der Waals surface area (Å²) in [5.41, 5.74) is -1.42. The van der Waals surface area contributed by atoms with E-state index in [1.165, 1.54) is 31.2 Å². The number of fused-ring (bicyclic) bond motifs is 7. The first-order valence-electron chi connectivity index (χ1n) is 15.4. The summed E-state index contributed by atoms with van der Waals surface area (Å²) in [6.45, 7) is 8.11. The van der Waals surface area contributed by atoms with E-state index < -0.39 is 55.3 Å². The lowest BCUT2D eigenvalue weighted by Crippen LogP contribution is -2.64. The number of Topliss-reactive ketones (excluding diaryl/α,β-unsaturated/α-hetero) is 1. The third-order valence-corrected chi connectivity index (χ3v) is 12.2. The molecule has 6 rings (SSSR count). The first-order chi connectivity index (χ1) is 20.5. The van der Waals surface area contributed by atoms with Crippen LogP contribution in [-0.4, -0.2) is 69.9 Å². The van der Waals surface area contributed by atoms with Gasteiger partial charge >= 0.3 is 13.7 Å². The first-order valence-corrected chi connectivity index (χ1v) is 16.9. The van der Waals surface area contributed by atoms with Crippen molar-refractivity contribution < 1.29 is 42.5 Å². The molecule has 3 saturated carbocycles. The number of ether oxygens (including phenoxy) is 4. The van der Waals surface area contributed by atoms with Crippen LogP contribution < -0.4 is 0 Å². The fraction of sp³-hybridized carbons (Fsp3) is 0.710. The molecule has 1 N–H and O–H groups in total. The minimum Gasteiger partial charge on any atom is -0.458 e. The van der Waals surface area contributed by atoms with Crippen molar-refractivity contribution in [1.82, 2.24) is 9.32 Å². The van der Waals surface area contributed by atoms with E-state index in [1.807, 2.05) is 19.9 Å². The first kappa shape index (κ1) is 30.9. The maximum Gasteiger partial charge on any atom is 0.437 e. The SMILES string of the molecule is CCCC1O[C@@H]2C[C@H]3[C@@H]4CC/C5=C/COC/C=C\[C@]5(C)[C@H]4[C@@H](OP(=O)(O)n4ccnc4)C[C@]3(C)[C@]2(C(=O)COC(C)=O)O1. The van der Waals surface area contributed by atoms with E-state index in [9.17, 15) is 19.0 Å². The smallest absolute Gasteiger partial charge is 0.437 e. The van der Waals surface area contributed by atoms with Crippen LogP contribution in [0.2, 0.25) is 0 Å². The van der Waals surface area contributed by atoms with Gasteiger partial charge in [0.2, 0.25) is 5.78 Å². The molecule has 3 aliphatic carbocycles. The number of rotatable bonds is 8. The van der Waals surface area contributed by atoms with Gasteiger partial charge in [0.25, 0.3) is 0 Å². The second kappa shape index (κ2) is 11.3. The fourth-order valence-corrected chi connectivity index (χ4v) is 10.3. The van der Waals surface area contributed by atoms with Gasteiger partial charge in [0.1, 0.15) is 6.33 Å². The van der Waals surface area contributed by atoms with E-state index in [1.54, 1.807) is 0 Å². The molecule has 1 saturated heterocycles. The Morgan fingerprint density at radius 3 is 2.81 bits per heavy atom. The van der Waals surface area contributed by atoms with Crippen molar-refractivity contribution in [2.75, 3.05) is 19.8 Å². The van der Waals surface area contributed by atoms with Crippen molar-refractivity contribution in [1.29, 1.82) is 0 Å². The molecule has 43 heavy (non-hydrogen) atoms. The van der Waals surface area contributed by atoms with Crippen LogP contribution in [0.4, 0.5) is 0 Å². The molecule has 5 aliphatic rings. The van der Waals surface area contributed by atoms with Crippen LogP contribution in [0, 0.1) is 28.6 Å². The molecule has 0 amide bonds. The summed E-state index contributed by atoms with van der Waals surface area (Å²) >= 11 is 0. The van der Waals surface area contributed by atoms with Gasteiger partial charge in [-0.05, 0) is 43.9 Å². The molecule has 1 aromatic rings. The summed E-state index contributed by atoms with van der Waals surface area (Å²) in [6.07, 6.45) is 12.7. The number of hydrogen-bond donors (Lipinski definition) is 1. The number of carbonyl (C=O) groups excluding carboxylic acids is 2. The molecular weight excluding hydrogens is 575 g/mol. The third kappa shape index (κ3) is 4.91. The second-order valence-corrected chi connectivity index (χ2v) is 14.8. The Hall–Kier alpha value is -2.14. The van der Waals surface area contributed by atoms with E-state index in [0.717, 1.165) is 23.6 Å². The van der Waals surface area contributed by atoms with Gasteiger partial charge in [-0.2, -0.15) is 0 Å². The zero-order valence-electron chi connectivity index (χ0n) is 25.3. The minimum absolute atomic E-state index is 0.00555. The van der Waals surface area contributed by atoms with Gasteiger partial charge in [-0.25, -0.2) is 13.9 Å².